The van der Waals surface area contributed by atoms with Crippen molar-refractivity contribution < 1.29 is 9.13 Å². The van der Waals surface area contributed by atoms with Gasteiger partial charge >= 0.3 is 0 Å². The van der Waals surface area contributed by atoms with E-state index >= 15 is 0 Å². The molecule has 6 heteroatoms. The molecule has 1 heterocycles. The van der Waals surface area contributed by atoms with Gasteiger partial charge in [0.2, 0.25) is 0 Å². The number of morpholine rings is 1. The fourth-order valence-corrected chi connectivity index (χ4v) is 3.64. The van der Waals surface area contributed by atoms with E-state index in [4.69, 9.17) is 4.74 Å². The van der Waals surface area contributed by atoms with Gasteiger partial charge in [-0.25, -0.2) is 9.38 Å². The first-order chi connectivity index (χ1) is 12.8. The second kappa shape index (κ2) is 9.76. The molecule has 0 amide bonds. The number of anilines is 1. The first-order valence-corrected chi connectivity index (χ1v) is 9.92. The second-order valence-electron chi connectivity index (χ2n) is 7.06. The van der Waals surface area contributed by atoms with Crippen LogP contribution in [0.15, 0.2) is 23.2 Å². The van der Waals surface area contributed by atoms with Gasteiger partial charge in [0, 0.05) is 25.7 Å². The highest BCUT2D eigenvalue weighted by Crippen LogP contribution is 2.22. The predicted octanol–water partition coefficient (Wildman–Crippen LogP) is 3.05. The van der Waals surface area contributed by atoms with E-state index < -0.39 is 0 Å². The maximum absolute atomic E-state index is 14.5. The van der Waals surface area contributed by atoms with Gasteiger partial charge in [0.25, 0.3) is 0 Å². The fraction of sp³-hybridized carbons (Fsp3) is 0.650. The van der Waals surface area contributed by atoms with Crippen molar-refractivity contribution in [3.8, 4) is 0 Å². The van der Waals surface area contributed by atoms with Crippen LogP contribution in [0, 0.1) is 5.82 Å². The number of hydrogen-bond donors (Lipinski definition) is 2. The van der Waals surface area contributed by atoms with Gasteiger partial charge < -0.3 is 20.3 Å². The van der Waals surface area contributed by atoms with E-state index in [0.29, 0.717) is 31.5 Å². The standard InChI is InChI=1S/C20H31FN4O/c1-2-22-20(24-17-6-4-3-5-7-17)23-15-16-8-9-19(18(21)14-16)25-10-12-26-13-11-25/h8-9,14,17H,2-7,10-13,15H2,1H3,(H2,22,23,24). The molecule has 1 saturated carbocycles. The summed E-state index contributed by atoms with van der Waals surface area (Å²) in [7, 11) is 0. The van der Waals surface area contributed by atoms with Gasteiger partial charge in [-0.15, -0.1) is 0 Å². The zero-order chi connectivity index (χ0) is 18.2. The van der Waals surface area contributed by atoms with Gasteiger partial charge in [0.05, 0.1) is 25.4 Å². The topological polar surface area (TPSA) is 48.9 Å². The Labute approximate surface area is 156 Å². The maximum Gasteiger partial charge on any atom is 0.191 e. The summed E-state index contributed by atoms with van der Waals surface area (Å²) in [5, 5.41) is 6.83. The fourth-order valence-electron chi connectivity index (χ4n) is 3.64. The van der Waals surface area contributed by atoms with Gasteiger partial charge in [-0.2, -0.15) is 0 Å². The van der Waals surface area contributed by atoms with Gasteiger partial charge in [0.1, 0.15) is 5.82 Å². The molecule has 2 fully saturated rings. The molecule has 1 aromatic carbocycles. The van der Waals surface area contributed by atoms with Crippen LogP contribution in [0.25, 0.3) is 0 Å². The minimum atomic E-state index is -0.176. The Hall–Kier alpha value is -1.82. The van der Waals surface area contributed by atoms with E-state index in [1.54, 1.807) is 6.07 Å². The molecule has 1 aliphatic carbocycles. The Balaban J connectivity index is 1.61. The first kappa shape index (κ1) is 19.0. The van der Waals surface area contributed by atoms with Crippen molar-refractivity contribution >= 4 is 11.6 Å². The molecule has 1 aliphatic heterocycles. The maximum atomic E-state index is 14.5. The molecule has 2 aliphatic rings. The monoisotopic (exact) mass is 362 g/mol. The smallest absolute Gasteiger partial charge is 0.191 e. The molecular weight excluding hydrogens is 331 g/mol. The molecule has 0 spiro atoms. The average Bonchev–Trinajstić information content (AvgIpc) is 2.68. The summed E-state index contributed by atoms with van der Waals surface area (Å²) in [4.78, 5) is 6.70. The average molecular weight is 362 g/mol. The van der Waals surface area contributed by atoms with E-state index in [0.717, 1.165) is 31.2 Å². The molecule has 0 unspecified atom stereocenters. The predicted molar refractivity (Wildman–Crippen MR) is 104 cm³/mol. The summed E-state index contributed by atoms with van der Waals surface area (Å²) >= 11 is 0. The molecule has 1 saturated heterocycles. The Morgan fingerprint density at radius 1 is 1.23 bits per heavy atom. The van der Waals surface area contributed by atoms with Gasteiger partial charge in [-0.1, -0.05) is 25.3 Å². The molecule has 0 radical (unpaired) electrons. The molecule has 0 atom stereocenters. The van der Waals surface area contributed by atoms with Crippen molar-refractivity contribution in [2.75, 3.05) is 37.7 Å². The minimum Gasteiger partial charge on any atom is -0.378 e. The van der Waals surface area contributed by atoms with Crippen LogP contribution in [0.1, 0.15) is 44.6 Å². The molecule has 3 rings (SSSR count). The van der Waals surface area contributed by atoms with Crippen LogP contribution in [0.4, 0.5) is 10.1 Å². The zero-order valence-corrected chi connectivity index (χ0v) is 15.8. The van der Waals surface area contributed by atoms with Crippen LogP contribution in [0.5, 0.6) is 0 Å². The summed E-state index contributed by atoms with van der Waals surface area (Å²) in [6, 6.07) is 5.95. The van der Waals surface area contributed by atoms with Crippen LogP contribution >= 0.6 is 0 Å². The zero-order valence-electron chi connectivity index (χ0n) is 15.8. The van der Waals surface area contributed by atoms with E-state index in [-0.39, 0.29) is 5.82 Å². The lowest BCUT2D eigenvalue weighted by Crippen LogP contribution is -2.44. The van der Waals surface area contributed by atoms with Crippen molar-refractivity contribution in [1.29, 1.82) is 0 Å². The number of nitrogens with zero attached hydrogens (tertiary/aromatic N) is 2. The van der Waals surface area contributed by atoms with Crippen LogP contribution < -0.4 is 15.5 Å². The molecule has 1 aromatic rings. The van der Waals surface area contributed by atoms with Crippen molar-refractivity contribution in [3.63, 3.8) is 0 Å². The van der Waals surface area contributed by atoms with Crippen molar-refractivity contribution in [2.45, 2.75) is 51.6 Å². The number of rotatable bonds is 5. The summed E-state index contributed by atoms with van der Waals surface area (Å²) in [6.07, 6.45) is 6.30. The summed E-state index contributed by atoms with van der Waals surface area (Å²) in [6.45, 7) is 6.16. The highest BCUT2D eigenvalue weighted by atomic mass is 19.1. The van der Waals surface area contributed by atoms with Gasteiger partial charge in [0.15, 0.2) is 5.96 Å². The van der Waals surface area contributed by atoms with Crippen LogP contribution in [0.3, 0.4) is 0 Å². The molecule has 2 N–H and O–H groups in total. The SMILES string of the molecule is CCNC(=NCc1ccc(N2CCOCC2)c(F)c1)NC1CCCCC1. The number of ether oxygens (including phenoxy) is 1. The lowest BCUT2D eigenvalue weighted by atomic mass is 9.96. The molecule has 5 nitrogen and oxygen atoms in total. The van der Waals surface area contributed by atoms with Crippen LogP contribution in [0.2, 0.25) is 0 Å². The highest BCUT2D eigenvalue weighted by Gasteiger charge is 2.16. The third-order valence-corrected chi connectivity index (χ3v) is 5.07. The molecule has 144 valence electrons. The number of nitrogens with one attached hydrogen (secondary N) is 2. The molecule has 26 heavy (non-hydrogen) atoms. The third-order valence-electron chi connectivity index (χ3n) is 5.07. The normalized spacial score (nSPS) is 19.5. The first-order valence-electron chi connectivity index (χ1n) is 9.92. The largest absolute Gasteiger partial charge is 0.378 e. The Kier molecular flexibility index (Phi) is 7.12. The van der Waals surface area contributed by atoms with E-state index in [1.165, 1.54) is 32.1 Å². The van der Waals surface area contributed by atoms with E-state index in [2.05, 4.69) is 22.5 Å². The molecule has 0 bridgehead atoms. The Morgan fingerprint density at radius 3 is 2.69 bits per heavy atom. The Bertz CT molecular complexity index is 595. The number of halogens is 1. The summed E-state index contributed by atoms with van der Waals surface area (Å²) < 4.78 is 19.9. The molecular formula is C20H31FN4O. The van der Waals surface area contributed by atoms with Gasteiger partial charge in [-0.3, -0.25) is 0 Å². The molecule has 0 aromatic heterocycles. The lowest BCUT2D eigenvalue weighted by Gasteiger charge is -2.29. The third kappa shape index (κ3) is 5.34. The van der Waals surface area contributed by atoms with E-state index in [1.807, 2.05) is 17.0 Å². The van der Waals surface area contributed by atoms with Gasteiger partial charge in [-0.05, 0) is 37.5 Å². The number of hydrogen-bond acceptors (Lipinski definition) is 3. The number of benzene rings is 1. The summed E-state index contributed by atoms with van der Waals surface area (Å²) in [5.74, 6) is 0.655. The highest BCUT2D eigenvalue weighted by molar-refractivity contribution is 5.80. The Morgan fingerprint density at radius 2 is 2.00 bits per heavy atom. The van der Waals surface area contributed by atoms with Crippen molar-refractivity contribution in [2.24, 2.45) is 4.99 Å². The summed E-state index contributed by atoms with van der Waals surface area (Å²) in [5.41, 5.74) is 1.55. The van der Waals surface area contributed by atoms with Crippen LogP contribution in [-0.2, 0) is 11.3 Å². The quantitative estimate of drug-likeness (QED) is 0.624. The minimum absolute atomic E-state index is 0.176. The van der Waals surface area contributed by atoms with Crippen LogP contribution in [-0.4, -0.2) is 44.8 Å². The van der Waals surface area contributed by atoms with E-state index in [9.17, 15) is 4.39 Å². The second-order valence-corrected chi connectivity index (χ2v) is 7.06. The number of guanidine groups is 1. The van der Waals surface area contributed by atoms with Crippen molar-refractivity contribution in [3.05, 3.63) is 29.6 Å². The lowest BCUT2D eigenvalue weighted by molar-refractivity contribution is 0.122. The van der Waals surface area contributed by atoms with Crippen molar-refractivity contribution in [1.82, 2.24) is 10.6 Å². The number of aliphatic imine (C=N–C) groups is 1.